The van der Waals surface area contributed by atoms with Crippen molar-refractivity contribution in [3.05, 3.63) is 17.6 Å². The van der Waals surface area contributed by atoms with Crippen LogP contribution in [0.15, 0.2) is 6.07 Å². The zero-order chi connectivity index (χ0) is 11.9. The molecular weight excluding hydrogens is 214 g/mol. The molecule has 2 saturated carbocycles. The van der Waals surface area contributed by atoms with Crippen LogP contribution in [0, 0.1) is 0 Å². The Morgan fingerprint density at radius 1 is 1.35 bits per heavy atom. The van der Waals surface area contributed by atoms with E-state index < -0.39 is 0 Å². The van der Waals surface area contributed by atoms with Gasteiger partial charge in [0.15, 0.2) is 5.82 Å². The Labute approximate surface area is 102 Å². The third-order valence-corrected chi connectivity index (χ3v) is 3.96. The lowest BCUT2D eigenvalue weighted by Crippen LogP contribution is -2.38. The quantitative estimate of drug-likeness (QED) is 0.867. The topological polar surface area (TPSA) is 47.0 Å². The lowest BCUT2D eigenvalue weighted by molar-refractivity contribution is -0.0846. The van der Waals surface area contributed by atoms with E-state index >= 15 is 0 Å². The molecule has 4 nitrogen and oxygen atoms in total. The molecule has 0 amide bonds. The van der Waals surface area contributed by atoms with Crippen LogP contribution in [0.3, 0.4) is 0 Å². The molecular formula is C13H19N3O. The largest absolute Gasteiger partial charge is 0.373 e. The minimum atomic E-state index is -0.212. The Kier molecular flexibility index (Phi) is 2.54. The van der Waals surface area contributed by atoms with Crippen LogP contribution < -0.4 is 5.32 Å². The van der Waals surface area contributed by atoms with Gasteiger partial charge in [-0.3, -0.25) is 0 Å². The van der Waals surface area contributed by atoms with Gasteiger partial charge in [-0.1, -0.05) is 0 Å². The lowest BCUT2D eigenvalue weighted by Gasteiger charge is -2.39. The van der Waals surface area contributed by atoms with Crippen molar-refractivity contribution in [1.29, 1.82) is 0 Å². The lowest BCUT2D eigenvalue weighted by atomic mass is 9.79. The van der Waals surface area contributed by atoms with Crippen molar-refractivity contribution in [1.82, 2.24) is 9.97 Å². The number of rotatable bonds is 4. The fraction of sp³-hybridized carbons (Fsp3) is 0.692. The maximum absolute atomic E-state index is 5.66. The van der Waals surface area contributed by atoms with Gasteiger partial charge in [0.2, 0.25) is 0 Å². The van der Waals surface area contributed by atoms with Gasteiger partial charge in [0.25, 0.3) is 0 Å². The second-order valence-corrected chi connectivity index (χ2v) is 5.08. The van der Waals surface area contributed by atoms with Crippen LogP contribution in [0.2, 0.25) is 0 Å². The Hall–Kier alpha value is -1.16. The normalized spacial score (nSPS) is 22.0. The number of hydrogen-bond acceptors (Lipinski definition) is 4. The molecule has 0 saturated heterocycles. The van der Waals surface area contributed by atoms with Gasteiger partial charge in [-0.25, -0.2) is 9.97 Å². The summed E-state index contributed by atoms with van der Waals surface area (Å²) in [7, 11) is 3.68. The number of methoxy groups -OCH3 is 1. The summed E-state index contributed by atoms with van der Waals surface area (Å²) in [5.74, 6) is 2.44. The first-order valence-electron chi connectivity index (χ1n) is 6.40. The molecule has 17 heavy (non-hydrogen) atoms. The molecule has 0 unspecified atom stereocenters. The maximum Gasteiger partial charge on any atom is 0.162 e. The Morgan fingerprint density at radius 3 is 2.59 bits per heavy atom. The Morgan fingerprint density at radius 2 is 2.12 bits per heavy atom. The minimum absolute atomic E-state index is 0.212. The molecule has 1 aromatic heterocycles. The second kappa shape index (κ2) is 3.95. The Balaban J connectivity index is 1.99. The number of aromatic nitrogens is 2. The van der Waals surface area contributed by atoms with Gasteiger partial charge < -0.3 is 10.1 Å². The first kappa shape index (κ1) is 11.0. The van der Waals surface area contributed by atoms with E-state index in [4.69, 9.17) is 9.72 Å². The molecule has 0 aliphatic heterocycles. The molecule has 0 bridgehead atoms. The van der Waals surface area contributed by atoms with Crippen LogP contribution in [-0.4, -0.2) is 24.1 Å². The zero-order valence-corrected chi connectivity index (χ0v) is 10.5. The molecule has 1 N–H and O–H groups in total. The van der Waals surface area contributed by atoms with Crippen LogP contribution in [0.1, 0.15) is 49.5 Å². The Bertz CT molecular complexity index is 419. The van der Waals surface area contributed by atoms with Crippen molar-refractivity contribution in [3.8, 4) is 0 Å². The predicted octanol–water partition coefficient (Wildman–Crippen LogP) is 2.42. The van der Waals surface area contributed by atoms with Gasteiger partial charge >= 0.3 is 0 Å². The van der Waals surface area contributed by atoms with Crippen LogP contribution in [0.25, 0.3) is 0 Å². The van der Waals surface area contributed by atoms with E-state index in [-0.39, 0.29) is 5.60 Å². The highest BCUT2D eigenvalue weighted by molar-refractivity contribution is 5.38. The first-order chi connectivity index (χ1) is 8.27. The molecule has 3 rings (SSSR count). The van der Waals surface area contributed by atoms with Crippen molar-refractivity contribution in [2.75, 3.05) is 19.5 Å². The van der Waals surface area contributed by atoms with Crippen molar-refractivity contribution in [2.45, 2.75) is 43.6 Å². The monoisotopic (exact) mass is 233 g/mol. The van der Waals surface area contributed by atoms with Crippen molar-refractivity contribution >= 4 is 5.82 Å². The summed E-state index contributed by atoms with van der Waals surface area (Å²) in [4.78, 5) is 9.31. The van der Waals surface area contributed by atoms with Crippen molar-refractivity contribution in [2.24, 2.45) is 0 Å². The molecule has 2 fully saturated rings. The van der Waals surface area contributed by atoms with E-state index in [0.29, 0.717) is 5.92 Å². The summed E-state index contributed by atoms with van der Waals surface area (Å²) in [6.07, 6.45) is 5.82. The zero-order valence-electron chi connectivity index (χ0n) is 10.5. The van der Waals surface area contributed by atoms with Gasteiger partial charge in [0.05, 0.1) is 0 Å². The molecule has 1 heterocycles. The first-order valence-corrected chi connectivity index (χ1v) is 6.40. The molecule has 0 atom stereocenters. The van der Waals surface area contributed by atoms with E-state index in [1.807, 2.05) is 7.05 Å². The van der Waals surface area contributed by atoms with Crippen molar-refractivity contribution in [3.63, 3.8) is 0 Å². The average Bonchev–Trinajstić information content (AvgIpc) is 3.12. The number of anilines is 1. The van der Waals surface area contributed by atoms with Gasteiger partial charge in [0, 0.05) is 31.8 Å². The highest BCUT2D eigenvalue weighted by atomic mass is 16.5. The molecule has 0 spiro atoms. The predicted molar refractivity (Wildman–Crippen MR) is 66.1 cm³/mol. The summed E-state index contributed by atoms with van der Waals surface area (Å²) in [5.41, 5.74) is 0.971. The van der Waals surface area contributed by atoms with Crippen LogP contribution >= 0.6 is 0 Å². The number of ether oxygens (including phenoxy) is 1. The summed E-state index contributed by atoms with van der Waals surface area (Å²) < 4.78 is 5.66. The summed E-state index contributed by atoms with van der Waals surface area (Å²) in [5, 5.41) is 3.13. The van der Waals surface area contributed by atoms with Gasteiger partial charge in [-0.15, -0.1) is 0 Å². The molecule has 2 aliphatic rings. The maximum atomic E-state index is 5.66. The van der Waals surface area contributed by atoms with E-state index in [2.05, 4.69) is 16.4 Å². The van der Waals surface area contributed by atoms with Gasteiger partial charge in [0.1, 0.15) is 11.4 Å². The van der Waals surface area contributed by atoms with E-state index in [9.17, 15) is 0 Å². The van der Waals surface area contributed by atoms with E-state index in [1.165, 1.54) is 25.0 Å². The fourth-order valence-corrected chi connectivity index (χ4v) is 2.40. The van der Waals surface area contributed by atoms with Crippen molar-refractivity contribution < 1.29 is 4.74 Å². The fourth-order valence-electron chi connectivity index (χ4n) is 2.40. The summed E-state index contributed by atoms with van der Waals surface area (Å²) in [6, 6.07) is 2.07. The standard InChI is InChI=1S/C13H19N3O/c1-14-11-8-10(9-4-5-9)15-12(16-11)13(17-2)6-3-7-13/h8-9H,3-7H2,1-2H3,(H,14,15,16). The summed E-state index contributed by atoms with van der Waals surface area (Å²) >= 11 is 0. The molecule has 92 valence electrons. The second-order valence-electron chi connectivity index (χ2n) is 5.08. The van der Waals surface area contributed by atoms with E-state index in [1.54, 1.807) is 7.11 Å². The molecule has 1 aromatic rings. The van der Waals surface area contributed by atoms with Gasteiger partial charge in [-0.05, 0) is 32.1 Å². The smallest absolute Gasteiger partial charge is 0.162 e. The SMILES string of the molecule is CNc1cc(C2CC2)nc(C2(OC)CCC2)n1. The number of nitrogens with one attached hydrogen (secondary N) is 1. The third-order valence-electron chi connectivity index (χ3n) is 3.96. The molecule has 4 heteroatoms. The molecule has 0 aromatic carbocycles. The van der Waals surface area contributed by atoms with Gasteiger partial charge in [-0.2, -0.15) is 0 Å². The third kappa shape index (κ3) is 1.80. The average molecular weight is 233 g/mol. The molecule has 0 radical (unpaired) electrons. The minimum Gasteiger partial charge on any atom is -0.373 e. The van der Waals surface area contributed by atoms with Crippen LogP contribution in [-0.2, 0) is 10.3 Å². The van der Waals surface area contributed by atoms with Crippen LogP contribution in [0.4, 0.5) is 5.82 Å². The number of hydrogen-bond donors (Lipinski definition) is 1. The summed E-state index contributed by atoms with van der Waals surface area (Å²) in [6.45, 7) is 0. The molecule has 2 aliphatic carbocycles. The van der Waals surface area contributed by atoms with E-state index in [0.717, 1.165) is 24.5 Å². The highest BCUT2D eigenvalue weighted by Crippen LogP contribution is 2.45. The number of nitrogens with zero attached hydrogens (tertiary/aromatic N) is 2. The highest BCUT2D eigenvalue weighted by Gasteiger charge is 2.42. The van der Waals surface area contributed by atoms with Crippen LogP contribution in [0.5, 0.6) is 0 Å².